The lowest BCUT2D eigenvalue weighted by molar-refractivity contribution is 0.0696. The van der Waals surface area contributed by atoms with E-state index in [9.17, 15) is 14.7 Å². The number of ether oxygens (including phenoxy) is 1. The highest BCUT2D eigenvalue weighted by Crippen LogP contribution is 2.37. The molecule has 0 aliphatic heterocycles. The third-order valence-corrected chi connectivity index (χ3v) is 8.47. The van der Waals surface area contributed by atoms with Crippen LogP contribution in [0.4, 0.5) is 0 Å². The molecule has 0 radical (unpaired) electrons. The maximum Gasteiger partial charge on any atom is 0.335 e. The number of nitrogens with zero attached hydrogens (tertiary/aromatic N) is 5. The Bertz CT molecular complexity index is 1990. The summed E-state index contributed by atoms with van der Waals surface area (Å²) in [4.78, 5) is 28.6. The van der Waals surface area contributed by atoms with Crippen LogP contribution in [-0.4, -0.2) is 47.5 Å². The lowest BCUT2D eigenvalue weighted by Crippen LogP contribution is -2.14. The van der Waals surface area contributed by atoms with Crippen LogP contribution in [0.3, 0.4) is 0 Å². The molecular formula is C35H30N6O4. The summed E-state index contributed by atoms with van der Waals surface area (Å²) in [5.41, 5.74) is 6.59. The largest absolute Gasteiger partial charge is 0.489 e. The molecule has 1 aliphatic rings. The maximum absolute atomic E-state index is 11.7. The first kappa shape index (κ1) is 28.1. The minimum Gasteiger partial charge on any atom is -0.489 e. The van der Waals surface area contributed by atoms with Gasteiger partial charge in [0.1, 0.15) is 18.2 Å². The molecule has 6 aromatic rings. The van der Waals surface area contributed by atoms with Crippen molar-refractivity contribution in [3.8, 4) is 39.7 Å². The van der Waals surface area contributed by atoms with E-state index in [4.69, 9.17) is 9.72 Å². The van der Waals surface area contributed by atoms with Gasteiger partial charge in [-0.3, -0.25) is 4.79 Å². The Labute approximate surface area is 258 Å². The van der Waals surface area contributed by atoms with E-state index in [-0.39, 0.29) is 12.2 Å². The molecule has 0 spiro atoms. The fourth-order valence-electron chi connectivity index (χ4n) is 6.25. The van der Waals surface area contributed by atoms with Gasteiger partial charge in [0.15, 0.2) is 6.29 Å². The second-order valence-corrected chi connectivity index (χ2v) is 11.2. The average Bonchev–Trinajstić information content (AvgIpc) is 3.76. The lowest BCUT2D eigenvalue weighted by Gasteiger charge is -2.25. The van der Waals surface area contributed by atoms with E-state index in [0.29, 0.717) is 28.7 Å². The molecule has 45 heavy (non-hydrogen) atoms. The Morgan fingerprint density at radius 1 is 0.933 bits per heavy atom. The topological polar surface area (TPSA) is 136 Å². The van der Waals surface area contributed by atoms with E-state index in [0.717, 1.165) is 58.2 Å². The van der Waals surface area contributed by atoms with Crippen molar-refractivity contribution in [1.82, 2.24) is 30.2 Å². The summed E-state index contributed by atoms with van der Waals surface area (Å²) in [7, 11) is 0. The first-order valence-corrected chi connectivity index (χ1v) is 15.0. The van der Waals surface area contributed by atoms with E-state index < -0.39 is 5.97 Å². The summed E-state index contributed by atoms with van der Waals surface area (Å²) >= 11 is 0. The minimum absolute atomic E-state index is 0.127. The summed E-state index contributed by atoms with van der Waals surface area (Å²) in [5, 5.41) is 24.1. The van der Waals surface area contributed by atoms with Gasteiger partial charge in [0.25, 0.3) is 0 Å². The smallest absolute Gasteiger partial charge is 0.335 e. The monoisotopic (exact) mass is 598 g/mol. The van der Waals surface area contributed by atoms with Crippen LogP contribution in [0.15, 0.2) is 84.9 Å². The first-order chi connectivity index (χ1) is 22.1. The van der Waals surface area contributed by atoms with Crippen molar-refractivity contribution in [1.29, 1.82) is 0 Å². The molecule has 7 rings (SSSR count). The van der Waals surface area contributed by atoms with Crippen LogP contribution in [0.5, 0.6) is 5.75 Å². The van der Waals surface area contributed by atoms with Crippen molar-refractivity contribution in [2.75, 3.05) is 0 Å². The van der Waals surface area contributed by atoms with E-state index >= 15 is 0 Å². The summed E-state index contributed by atoms with van der Waals surface area (Å²) in [6, 6.07) is 26.4. The Hall–Kier alpha value is -5.64. The van der Waals surface area contributed by atoms with Crippen LogP contribution in [-0.2, 0) is 6.61 Å². The van der Waals surface area contributed by atoms with Gasteiger partial charge in [0.2, 0.25) is 5.82 Å². The zero-order chi connectivity index (χ0) is 30.8. The second-order valence-electron chi connectivity index (χ2n) is 11.2. The molecule has 2 N–H and O–H groups in total. The number of aromatic amines is 1. The molecule has 1 fully saturated rings. The van der Waals surface area contributed by atoms with Gasteiger partial charge in [-0.05, 0) is 89.3 Å². The van der Waals surface area contributed by atoms with Crippen molar-refractivity contribution in [3.05, 3.63) is 102 Å². The minimum atomic E-state index is -1.03. The standard InChI is InChI=1S/C35H30N6O4/c42-20-25-6-4-5-9-29(25)30-16-12-24(35(43)44)18-26(30)21-45-28-14-10-22(11-15-28)34-36-31-19-23(33-37-39-40-38-33)13-17-32(31)41(34)27-7-2-1-3-8-27/h4-6,9-20,27H,1-3,7-8,21H2,(H,43,44)(H,37,38,39,40). The van der Waals surface area contributed by atoms with Crippen LogP contribution in [0, 0.1) is 0 Å². The number of nitrogens with one attached hydrogen (secondary N) is 1. The maximum atomic E-state index is 11.7. The molecule has 2 heterocycles. The molecule has 224 valence electrons. The fourth-order valence-corrected chi connectivity index (χ4v) is 6.25. The average molecular weight is 599 g/mol. The van der Waals surface area contributed by atoms with Gasteiger partial charge in [-0.2, -0.15) is 5.21 Å². The van der Waals surface area contributed by atoms with Crippen molar-refractivity contribution in [3.63, 3.8) is 0 Å². The van der Waals surface area contributed by atoms with Crippen LogP contribution in [0.25, 0.3) is 44.9 Å². The number of aromatic nitrogens is 6. The summed E-state index contributed by atoms with van der Waals surface area (Å²) in [6.45, 7) is 0.127. The number of carbonyl (C=O) groups excluding carboxylic acids is 1. The Balaban J connectivity index is 1.20. The Morgan fingerprint density at radius 3 is 2.49 bits per heavy atom. The van der Waals surface area contributed by atoms with Gasteiger partial charge < -0.3 is 14.4 Å². The van der Waals surface area contributed by atoms with Crippen molar-refractivity contribution < 1.29 is 19.4 Å². The Morgan fingerprint density at radius 2 is 1.73 bits per heavy atom. The summed E-state index contributed by atoms with van der Waals surface area (Å²) in [5.74, 6) is 1.03. The van der Waals surface area contributed by atoms with Gasteiger partial charge in [0, 0.05) is 22.7 Å². The van der Waals surface area contributed by atoms with E-state index in [2.05, 4.69) is 31.3 Å². The van der Waals surface area contributed by atoms with E-state index in [1.807, 2.05) is 48.5 Å². The number of fused-ring (bicyclic) bond motifs is 1. The molecule has 0 saturated heterocycles. The van der Waals surface area contributed by atoms with Crippen LogP contribution in [0.2, 0.25) is 0 Å². The van der Waals surface area contributed by atoms with Crippen molar-refractivity contribution in [2.24, 2.45) is 0 Å². The highest BCUT2D eigenvalue weighted by molar-refractivity contribution is 5.92. The van der Waals surface area contributed by atoms with Gasteiger partial charge in [-0.1, -0.05) is 49.6 Å². The number of hydrogen-bond donors (Lipinski definition) is 2. The third-order valence-electron chi connectivity index (χ3n) is 8.47. The van der Waals surface area contributed by atoms with Gasteiger partial charge in [0.05, 0.1) is 16.6 Å². The molecule has 0 atom stereocenters. The number of carboxylic acid groups (broad SMARTS) is 1. The summed E-state index contributed by atoms with van der Waals surface area (Å²) < 4.78 is 8.56. The molecular weight excluding hydrogens is 568 g/mol. The summed E-state index contributed by atoms with van der Waals surface area (Å²) in [6.07, 6.45) is 6.66. The lowest BCUT2D eigenvalue weighted by atomic mass is 9.94. The molecule has 1 saturated carbocycles. The highest BCUT2D eigenvalue weighted by atomic mass is 16.5. The van der Waals surface area contributed by atoms with Gasteiger partial charge >= 0.3 is 5.97 Å². The molecule has 0 bridgehead atoms. The normalized spacial score (nSPS) is 13.6. The van der Waals surface area contributed by atoms with Crippen LogP contribution >= 0.6 is 0 Å². The number of carbonyl (C=O) groups is 2. The molecule has 10 heteroatoms. The highest BCUT2D eigenvalue weighted by Gasteiger charge is 2.23. The molecule has 0 amide bonds. The molecule has 4 aromatic carbocycles. The number of hydrogen-bond acceptors (Lipinski definition) is 7. The number of carboxylic acids is 1. The van der Waals surface area contributed by atoms with Crippen molar-refractivity contribution >= 4 is 23.3 Å². The number of benzene rings is 4. The second kappa shape index (κ2) is 12.2. The van der Waals surface area contributed by atoms with Crippen LogP contribution < -0.4 is 4.74 Å². The fraction of sp³-hybridized carbons (Fsp3) is 0.200. The van der Waals surface area contributed by atoms with Crippen LogP contribution in [0.1, 0.15) is 64.4 Å². The van der Waals surface area contributed by atoms with Gasteiger partial charge in [-0.15, -0.1) is 10.2 Å². The third kappa shape index (κ3) is 5.58. The SMILES string of the molecule is O=Cc1ccccc1-c1ccc(C(=O)O)cc1COc1ccc(-c2nc3cc(-c4nn[nH]n4)ccc3n2C2CCCCC2)cc1. The number of rotatable bonds is 9. The molecule has 10 nitrogen and oxygen atoms in total. The zero-order valence-corrected chi connectivity index (χ0v) is 24.4. The molecule has 1 aliphatic carbocycles. The predicted molar refractivity (Wildman–Crippen MR) is 169 cm³/mol. The Kier molecular flexibility index (Phi) is 7.61. The zero-order valence-electron chi connectivity index (χ0n) is 24.4. The molecule has 0 unspecified atom stereocenters. The van der Waals surface area contributed by atoms with E-state index in [1.54, 1.807) is 30.3 Å². The quantitative estimate of drug-likeness (QED) is 0.168. The number of tetrazole rings is 1. The molecule has 2 aromatic heterocycles. The predicted octanol–water partition coefficient (Wildman–Crippen LogP) is 7.15. The number of aldehydes is 1. The number of H-pyrrole nitrogens is 1. The van der Waals surface area contributed by atoms with Crippen molar-refractivity contribution in [2.45, 2.75) is 44.8 Å². The van der Waals surface area contributed by atoms with E-state index in [1.165, 1.54) is 19.3 Å². The number of imidazole rings is 1. The number of aromatic carboxylic acids is 1. The first-order valence-electron chi connectivity index (χ1n) is 15.0. The van der Waals surface area contributed by atoms with Gasteiger partial charge in [-0.25, -0.2) is 9.78 Å².